The molecular weight excluding hydrogens is 150 g/mol. The Kier molecular flexibility index (Phi) is 3.20. The van der Waals surface area contributed by atoms with Gasteiger partial charge in [0.15, 0.2) is 0 Å². The van der Waals surface area contributed by atoms with Crippen LogP contribution in [0.3, 0.4) is 0 Å². The Morgan fingerprint density at radius 1 is 1.58 bits per heavy atom. The third kappa shape index (κ3) is 2.02. The van der Waals surface area contributed by atoms with Crippen LogP contribution < -0.4 is 0 Å². The van der Waals surface area contributed by atoms with Crippen molar-refractivity contribution in [2.75, 3.05) is 0 Å². The number of carbonyl (C=O) groups is 1. The van der Waals surface area contributed by atoms with Crippen molar-refractivity contribution in [3.8, 4) is 0 Å². The van der Waals surface area contributed by atoms with Gasteiger partial charge in [0.25, 0.3) is 0 Å². The van der Waals surface area contributed by atoms with Crippen molar-refractivity contribution in [3.05, 3.63) is 42.2 Å². The molecule has 12 heavy (non-hydrogen) atoms. The Labute approximate surface area is 71.9 Å². The lowest BCUT2D eigenvalue weighted by atomic mass is 10.1. The minimum atomic E-state index is 0.729. The normalized spacial score (nSPS) is 9.33. The molecule has 0 bridgehead atoms. The molecule has 0 aliphatic rings. The molecule has 0 radical (unpaired) electrons. The van der Waals surface area contributed by atoms with E-state index in [1.807, 2.05) is 6.08 Å². The van der Waals surface area contributed by atoms with Crippen LogP contribution in [0.1, 0.15) is 22.3 Å². The Hall–Kier alpha value is -1.44. The minimum absolute atomic E-state index is 0.729. The summed E-state index contributed by atoms with van der Waals surface area (Å²) in [6.07, 6.45) is 7.77. The van der Waals surface area contributed by atoms with Gasteiger partial charge in [-0.05, 0) is 24.5 Å². The van der Waals surface area contributed by atoms with Gasteiger partial charge >= 0.3 is 0 Å². The molecule has 0 saturated carbocycles. The van der Waals surface area contributed by atoms with Crippen LogP contribution in [0.15, 0.2) is 31.1 Å². The molecule has 0 spiro atoms. The molecule has 0 aliphatic heterocycles. The highest BCUT2D eigenvalue weighted by molar-refractivity contribution is 5.76. The molecule has 1 aromatic heterocycles. The smallest absolute Gasteiger partial charge is 0.150 e. The predicted molar refractivity (Wildman–Crippen MR) is 48.1 cm³/mol. The molecule has 0 unspecified atom stereocenters. The summed E-state index contributed by atoms with van der Waals surface area (Å²) in [5, 5.41) is 0. The van der Waals surface area contributed by atoms with Crippen LogP contribution in [-0.4, -0.2) is 11.3 Å². The van der Waals surface area contributed by atoms with Crippen molar-refractivity contribution in [1.82, 2.24) is 4.98 Å². The lowest BCUT2D eigenvalue weighted by Gasteiger charge is -1.99. The fourth-order valence-corrected chi connectivity index (χ4v) is 1.02. The molecule has 0 fully saturated rings. The summed E-state index contributed by atoms with van der Waals surface area (Å²) in [4.78, 5) is 14.5. The molecule has 1 aromatic rings. The lowest BCUT2D eigenvalue weighted by Crippen LogP contribution is -1.92. The molecule has 0 aliphatic carbocycles. The van der Waals surface area contributed by atoms with Crippen molar-refractivity contribution in [3.63, 3.8) is 0 Å². The van der Waals surface area contributed by atoms with E-state index in [4.69, 9.17) is 0 Å². The highest BCUT2D eigenvalue weighted by Crippen LogP contribution is 2.06. The van der Waals surface area contributed by atoms with E-state index >= 15 is 0 Å². The van der Waals surface area contributed by atoms with Crippen LogP contribution in [0.2, 0.25) is 0 Å². The monoisotopic (exact) mass is 161 g/mol. The van der Waals surface area contributed by atoms with Crippen LogP contribution in [0.25, 0.3) is 0 Å². The summed E-state index contributed by atoms with van der Waals surface area (Å²) in [6, 6.07) is 1.73. The van der Waals surface area contributed by atoms with Crippen LogP contribution in [0.4, 0.5) is 0 Å². The zero-order valence-corrected chi connectivity index (χ0v) is 6.86. The SMILES string of the molecule is C=CCCc1cnccc1C=O. The van der Waals surface area contributed by atoms with Crippen molar-refractivity contribution in [2.24, 2.45) is 0 Å². The zero-order chi connectivity index (χ0) is 8.81. The number of aromatic nitrogens is 1. The molecule has 0 amide bonds. The number of aryl methyl sites for hydroxylation is 1. The van der Waals surface area contributed by atoms with Crippen LogP contribution in [-0.2, 0) is 6.42 Å². The molecule has 0 N–H and O–H groups in total. The number of rotatable bonds is 4. The first-order valence-electron chi connectivity index (χ1n) is 3.87. The van der Waals surface area contributed by atoms with Gasteiger partial charge in [0.05, 0.1) is 0 Å². The van der Waals surface area contributed by atoms with E-state index < -0.39 is 0 Å². The van der Waals surface area contributed by atoms with Gasteiger partial charge in [0, 0.05) is 18.0 Å². The highest BCUT2D eigenvalue weighted by Gasteiger charge is 1.98. The Morgan fingerprint density at radius 3 is 3.08 bits per heavy atom. The summed E-state index contributed by atoms with van der Waals surface area (Å²) in [6.45, 7) is 3.62. The van der Waals surface area contributed by atoms with Crippen molar-refractivity contribution in [2.45, 2.75) is 12.8 Å². The number of carbonyl (C=O) groups excluding carboxylic acids is 1. The van der Waals surface area contributed by atoms with Crippen LogP contribution in [0, 0.1) is 0 Å². The van der Waals surface area contributed by atoms with Crippen molar-refractivity contribution < 1.29 is 4.79 Å². The number of nitrogens with zero attached hydrogens (tertiary/aromatic N) is 1. The fraction of sp³-hybridized carbons (Fsp3) is 0.200. The molecule has 2 nitrogen and oxygen atoms in total. The van der Waals surface area contributed by atoms with Gasteiger partial charge in [0.2, 0.25) is 0 Å². The summed E-state index contributed by atoms with van der Waals surface area (Å²) >= 11 is 0. The second-order valence-electron chi connectivity index (χ2n) is 2.52. The van der Waals surface area contributed by atoms with E-state index in [0.717, 1.165) is 30.3 Å². The molecular formula is C10H11NO. The van der Waals surface area contributed by atoms with Crippen molar-refractivity contribution in [1.29, 1.82) is 0 Å². The van der Waals surface area contributed by atoms with Crippen molar-refractivity contribution >= 4 is 6.29 Å². The van der Waals surface area contributed by atoms with Gasteiger partial charge in [-0.15, -0.1) is 6.58 Å². The first-order valence-corrected chi connectivity index (χ1v) is 3.87. The maximum Gasteiger partial charge on any atom is 0.150 e. The third-order valence-corrected chi connectivity index (χ3v) is 1.69. The molecule has 0 atom stereocenters. The maximum absolute atomic E-state index is 10.5. The second-order valence-corrected chi connectivity index (χ2v) is 2.52. The topological polar surface area (TPSA) is 30.0 Å². The summed E-state index contributed by atoms with van der Waals surface area (Å²) in [7, 11) is 0. The average molecular weight is 161 g/mol. The number of pyridine rings is 1. The largest absolute Gasteiger partial charge is 0.298 e. The van der Waals surface area contributed by atoms with Gasteiger partial charge in [-0.3, -0.25) is 9.78 Å². The van der Waals surface area contributed by atoms with E-state index in [1.165, 1.54) is 0 Å². The van der Waals surface area contributed by atoms with E-state index in [1.54, 1.807) is 18.5 Å². The zero-order valence-electron chi connectivity index (χ0n) is 6.86. The summed E-state index contributed by atoms with van der Waals surface area (Å²) in [5.74, 6) is 0. The van der Waals surface area contributed by atoms with Crippen LogP contribution >= 0.6 is 0 Å². The van der Waals surface area contributed by atoms with Gasteiger partial charge in [-0.2, -0.15) is 0 Å². The van der Waals surface area contributed by atoms with E-state index in [2.05, 4.69) is 11.6 Å². The number of aldehydes is 1. The van der Waals surface area contributed by atoms with Crippen LogP contribution in [0.5, 0.6) is 0 Å². The van der Waals surface area contributed by atoms with Gasteiger partial charge in [-0.25, -0.2) is 0 Å². The van der Waals surface area contributed by atoms with Gasteiger partial charge < -0.3 is 0 Å². The average Bonchev–Trinajstić information content (AvgIpc) is 2.15. The first-order chi connectivity index (χ1) is 5.88. The Bertz CT molecular complexity index is 281. The highest BCUT2D eigenvalue weighted by atomic mass is 16.1. The van der Waals surface area contributed by atoms with E-state index in [9.17, 15) is 4.79 Å². The summed E-state index contributed by atoms with van der Waals surface area (Å²) < 4.78 is 0. The quantitative estimate of drug-likeness (QED) is 0.499. The van der Waals surface area contributed by atoms with E-state index in [0.29, 0.717) is 0 Å². The standard InChI is InChI=1S/C10H11NO/c1-2-3-4-9-7-11-6-5-10(9)8-12/h2,5-8H,1,3-4H2. The maximum atomic E-state index is 10.5. The molecule has 2 heteroatoms. The van der Waals surface area contributed by atoms with E-state index in [-0.39, 0.29) is 0 Å². The molecule has 0 aromatic carbocycles. The molecule has 1 rings (SSSR count). The second kappa shape index (κ2) is 4.44. The fourth-order valence-electron chi connectivity index (χ4n) is 1.02. The minimum Gasteiger partial charge on any atom is -0.298 e. The Balaban J connectivity index is 2.81. The first kappa shape index (κ1) is 8.65. The molecule has 62 valence electrons. The van der Waals surface area contributed by atoms with Gasteiger partial charge in [-0.1, -0.05) is 6.08 Å². The number of hydrogen-bond donors (Lipinski definition) is 0. The predicted octanol–water partition coefficient (Wildman–Crippen LogP) is 2.01. The summed E-state index contributed by atoms with van der Waals surface area (Å²) in [5.41, 5.74) is 1.72. The lowest BCUT2D eigenvalue weighted by molar-refractivity contribution is 0.112. The van der Waals surface area contributed by atoms with Gasteiger partial charge in [0.1, 0.15) is 6.29 Å². The molecule has 1 heterocycles. The third-order valence-electron chi connectivity index (χ3n) is 1.69. The Morgan fingerprint density at radius 2 is 2.42 bits per heavy atom. The number of allylic oxidation sites excluding steroid dienone is 1. The molecule has 0 saturated heterocycles. The number of hydrogen-bond acceptors (Lipinski definition) is 2.